The van der Waals surface area contributed by atoms with Crippen LogP contribution >= 0.6 is 0 Å². The number of anilines is 2. The van der Waals surface area contributed by atoms with Gasteiger partial charge < -0.3 is 20.1 Å². The number of morpholine rings is 1. The van der Waals surface area contributed by atoms with Gasteiger partial charge >= 0.3 is 5.97 Å². The molecule has 0 radical (unpaired) electrons. The molecular formula is C10H15N5O3. The first-order chi connectivity index (χ1) is 8.72. The summed E-state index contributed by atoms with van der Waals surface area (Å²) in [5.74, 6) is -0.104. The lowest BCUT2D eigenvalue weighted by Gasteiger charge is -2.28. The minimum absolute atomic E-state index is 0.0320. The average Bonchev–Trinajstić information content (AvgIpc) is 2.40. The number of rotatable bonds is 3. The van der Waals surface area contributed by atoms with Gasteiger partial charge in [0.05, 0.1) is 19.8 Å². The number of hydrogen-bond donors (Lipinski definition) is 1. The summed E-state index contributed by atoms with van der Waals surface area (Å²) >= 11 is 0. The summed E-state index contributed by atoms with van der Waals surface area (Å²) in [5.41, 5.74) is 5.60. The fourth-order valence-electron chi connectivity index (χ4n) is 1.66. The summed E-state index contributed by atoms with van der Waals surface area (Å²) in [5, 5.41) is 7.37. The summed E-state index contributed by atoms with van der Waals surface area (Å²) in [7, 11) is 0. The summed E-state index contributed by atoms with van der Waals surface area (Å²) in [6.07, 6.45) is 0. The highest BCUT2D eigenvalue weighted by atomic mass is 16.5. The van der Waals surface area contributed by atoms with E-state index in [0.29, 0.717) is 32.1 Å². The fourth-order valence-corrected chi connectivity index (χ4v) is 1.66. The van der Waals surface area contributed by atoms with Crippen molar-refractivity contribution in [2.24, 2.45) is 0 Å². The van der Waals surface area contributed by atoms with E-state index in [4.69, 9.17) is 15.2 Å². The lowest BCUT2D eigenvalue weighted by Crippen LogP contribution is -2.38. The van der Waals surface area contributed by atoms with Gasteiger partial charge in [0.15, 0.2) is 5.82 Å². The first-order valence-corrected chi connectivity index (χ1v) is 5.72. The van der Waals surface area contributed by atoms with Gasteiger partial charge in [-0.05, 0) is 6.92 Å². The third-order valence-electron chi connectivity index (χ3n) is 2.46. The predicted octanol–water partition coefficient (Wildman–Crippen LogP) is -0.533. The molecule has 1 aromatic rings. The fraction of sp³-hybridized carbons (Fsp3) is 0.600. The molecular weight excluding hydrogens is 238 g/mol. The van der Waals surface area contributed by atoms with Gasteiger partial charge in [0, 0.05) is 13.1 Å². The Labute approximate surface area is 104 Å². The third-order valence-corrected chi connectivity index (χ3v) is 2.46. The maximum Gasteiger partial charge on any atom is 0.362 e. The van der Waals surface area contributed by atoms with Crippen LogP contribution in [0.1, 0.15) is 17.4 Å². The zero-order chi connectivity index (χ0) is 13.0. The van der Waals surface area contributed by atoms with Crippen LogP contribution < -0.4 is 10.6 Å². The van der Waals surface area contributed by atoms with Crippen molar-refractivity contribution in [1.82, 2.24) is 15.2 Å². The molecule has 0 aromatic carbocycles. The van der Waals surface area contributed by atoms with Crippen LogP contribution in [0.2, 0.25) is 0 Å². The zero-order valence-corrected chi connectivity index (χ0v) is 10.1. The lowest BCUT2D eigenvalue weighted by molar-refractivity contribution is 0.0517. The molecule has 8 nitrogen and oxygen atoms in total. The van der Waals surface area contributed by atoms with Crippen LogP contribution in [0.25, 0.3) is 0 Å². The molecule has 1 aromatic heterocycles. The highest BCUT2D eigenvalue weighted by molar-refractivity contribution is 5.92. The lowest BCUT2D eigenvalue weighted by atomic mass is 10.3. The largest absolute Gasteiger partial charge is 0.461 e. The zero-order valence-electron chi connectivity index (χ0n) is 10.1. The van der Waals surface area contributed by atoms with Crippen LogP contribution in [0.4, 0.5) is 11.8 Å². The molecule has 1 fully saturated rings. The number of nitrogens with zero attached hydrogens (tertiary/aromatic N) is 4. The van der Waals surface area contributed by atoms with E-state index in [-0.39, 0.29) is 18.2 Å². The van der Waals surface area contributed by atoms with E-state index in [2.05, 4.69) is 15.2 Å². The Morgan fingerprint density at radius 3 is 2.83 bits per heavy atom. The molecule has 0 bridgehead atoms. The van der Waals surface area contributed by atoms with Gasteiger partial charge in [0.1, 0.15) is 0 Å². The van der Waals surface area contributed by atoms with Crippen LogP contribution in [0, 0.1) is 0 Å². The smallest absolute Gasteiger partial charge is 0.362 e. The molecule has 0 aliphatic carbocycles. The maximum atomic E-state index is 11.8. The molecule has 0 amide bonds. The van der Waals surface area contributed by atoms with Crippen molar-refractivity contribution in [3.05, 3.63) is 5.69 Å². The van der Waals surface area contributed by atoms with Gasteiger partial charge in [-0.1, -0.05) is 0 Å². The molecule has 98 valence electrons. The Morgan fingerprint density at radius 1 is 1.44 bits per heavy atom. The minimum Gasteiger partial charge on any atom is -0.461 e. The Kier molecular flexibility index (Phi) is 3.88. The van der Waals surface area contributed by atoms with Crippen molar-refractivity contribution in [2.75, 3.05) is 43.5 Å². The van der Waals surface area contributed by atoms with Gasteiger partial charge in [0.2, 0.25) is 11.6 Å². The van der Waals surface area contributed by atoms with Crippen LogP contribution in [0.15, 0.2) is 0 Å². The number of nitrogen functional groups attached to an aromatic ring is 1. The van der Waals surface area contributed by atoms with E-state index in [1.807, 2.05) is 4.90 Å². The number of esters is 1. The summed E-state index contributed by atoms with van der Waals surface area (Å²) in [4.78, 5) is 17.7. The van der Waals surface area contributed by atoms with E-state index in [1.165, 1.54) is 0 Å². The predicted molar refractivity (Wildman–Crippen MR) is 63.2 cm³/mol. The molecule has 2 heterocycles. The van der Waals surface area contributed by atoms with Gasteiger partial charge in [0.25, 0.3) is 0 Å². The average molecular weight is 253 g/mol. The Hall–Kier alpha value is -1.96. The molecule has 2 N–H and O–H groups in total. The minimum atomic E-state index is -0.543. The molecule has 8 heteroatoms. The van der Waals surface area contributed by atoms with Crippen molar-refractivity contribution in [2.45, 2.75) is 6.92 Å². The van der Waals surface area contributed by atoms with Crippen molar-refractivity contribution in [3.8, 4) is 0 Å². The van der Waals surface area contributed by atoms with Crippen LogP contribution in [0.3, 0.4) is 0 Å². The SMILES string of the molecule is CCOC(=O)c1nnc(N)nc1N1CCOCC1. The van der Waals surface area contributed by atoms with Gasteiger partial charge in [-0.2, -0.15) is 4.98 Å². The van der Waals surface area contributed by atoms with E-state index < -0.39 is 5.97 Å². The molecule has 0 atom stereocenters. The highest BCUT2D eigenvalue weighted by Crippen LogP contribution is 2.18. The van der Waals surface area contributed by atoms with E-state index >= 15 is 0 Å². The molecule has 1 aliphatic rings. The topological polar surface area (TPSA) is 103 Å². The molecule has 2 rings (SSSR count). The number of carbonyl (C=O) groups is 1. The summed E-state index contributed by atoms with van der Waals surface area (Å²) in [6.45, 7) is 4.41. The number of aromatic nitrogens is 3. The van der Waals surface area contributed by atoms with Gasteiger partial charge in [-0.15, -0.1) is 10.2 Å². The second-order valence-corrected chi connectivity index (χ2v) is 3.66. The molecule has 0 spiro atoms. The highest BCUT2D eigenvalue weighted by Gasteiger charge is 2.23. The second-order valence-electron chi connectivity index (χ2n) is 3.66. The summed E-state index contributed by atoms with van der Waals surface area (Å²) in [6, 6.07) is 0. The van der Waals surface area contributed by atoms with Crippen LogP contribution in [0.5, 0.6) is 0 Å². The van der Waals surface area contributed by atoms with Crippen molar-refractivity contribution in [3.63, 3.8) is 0 Å². The molecule has 18 heavy (non-hydrogen) atoms. The molecule has 1 saturated heterocycles. The Morgan fingerprint density at radius 2 is 2.17 bits per heavy atom. The Bertz CT molecular complexity index is 434. The van der Waals surface area contributed by atoms with E-state index in [1.54, 1.807) is 6.92 Å². The second kappa shape index (κ2) is 5.58. The maximum absolute atomic E-state index is 11.8. The van der Waals surface area contributed by atoms with E-state index in [9.17, 15) is 4.79 Å². The first kappa shape index (κ1) is 12.5. The summed E-state index contributed by atoms with van der Waals surface area (Å²) < 4.78 is 10.2. The van der Waals surface area contributed by atoms with Gasteiger partial charge in [-0.3, -0.25) is 0 Å². The molecule has 1 aliphatic heterocycles. The van der Waals surface area contributed by atoms with Crippen LogP contribution in [-0.4, -0.2) is 54.1 Å². The monoisotopic (exact) mass is 253 g/mol. The van der Waals surface area contributed by atoms with Gasteiger partial charge in [-0.25, -0.2) is 4.79 Å². The number of nitrogens with two attached hydrogens (primary N) is 1. The normalized spacial score (nSPS) is 15.5. The number of carbonyl (C=O) groups excluding carboxylic acids is 1. The third kappa shape index (κ3) is 2.65. The quantitative estimate of drug-likeness (QED) is 0.717. The number of ether oxygens (including phenoxy) is 2. The Balaban J connectivity index is 2.30. The van der Waals surface area contributed by atoms with Crippen molar-refractivity contribution < 1.29 is 14.3 Å². The van der Waals surface area contributed by atoms with Crippen molar-refractivity contribution >= 4 is 17.7 Å². The molecule has 0 unspecified atom stereocenters. The number of hydrogen-bond acceptors (Lipinski definition) is 8. The molecule has 0 saturated carbocycles. The van der Waals surface area contributed by atoms with Crippen molar-refractivity contribution in [1.29, 1.82) is 0 Å². The first-order valence-electron chi connectivity index (χ1n) is 5.72. The standard InChI is InChI=1S/C10H15N5O3/c1-2-18-9(16)7-8(12-10(11)14-13-7)15-3-5-17-6-4-15/h2-6H2,1H3,(H2,11,12,14). The van der Waals surface area contributed by atoms with Crippen LogP contribution in [-0.2, 0) is 9.47 Å². The van der Waals surface area contributed by atoms with E-state index in [0.717, 1.165) is 0 Å².